The fraction of sp³-hybridized carbons (Fsp3) is 0.796. The first-order chi connectivity index (χ1) is 29.5. The van der Waals surface area contributed by atoms with Crippen molar-refractivity contribution >= 4 is 17.9 Å². The molecule has 0 saturated carbocycles. The van der Waals surface area contributed by atoms with Gasteiger partial charge in [0.15, 0.2) is 6.10 Å². The number of allylic oxidation sites excluding steroid dienone is 8. The molecule has 0 heterocycles. The van der Waals surface area contributed by atoms with E-state index in [1.807, 2.05) is 6.08 Å². The van der Waals surface area contributed by atoms with Crippen LogP contribution >= 0.6 is 0 Å². The first-order valence-corrected chi connectivity index (χ1v) is 25.7. The van der Waals surface area contributed by atoms with Crippen molar-refractivity contribution in [3.63, 3.8) is 0 Å². The van der Waals surface area contributed by atoms with Crippen molar-refractivity contribution in [3.8, 4) is 0 Å². The molecule has 0 spiro atoms. The van der Waals surface area contributed by atoms with Gasteiger partial charge < -0.3 is 14.2 Å². The summed E-state index contributed by atoms with van der Waals surface area (Å²) >= 11 is 0. The second-order valence-corrected chi connectivity index (χ2v) is 17.1. The van der Waals surface area contributed by atoms with E-state index in [0.29, 0.717) is 19.3 Å². The van der Waals surface area contributed by atoms with Crippen LogP contribution in [0.3, 0.4) is 0 Å². The smallest absolute Gasteiger partial charge is 0.306 e. The number of hydrogen-bond acceptors (Lipinski definition) is 6. The Balaban J connectivity index is 4.35. The molecule has 0 saturated heterocycles. The summed E-state index contributed by atoms with van der Waals surface area (Å²) < 4.78 is 16.7. The van der Waals surface area contributed by atoms with Crippen molar-refractivity contribution in [3.05, 3.63) is 48.6 Å². The number of carbonyl (C=O) groups is 3. The van der Waals surface area contributed by atoms with E-state index in [2.05, 4.69) is 63.3 Å². The highest BCUT2D eigenvalue weighted by Gasteiger charge is 2.19. The largest absolute Gasteiger partial charge is 0.462 e. The molecule has 0 aliphatic heterocycles. The molecule has 0 aromatic carbocycles. The van der Waals surface area contributed by atoms with Crippen molar-refractivity contribution in [1.82, 2.24) is 0 Å². The lowest BCUT2D eigenvalue weighted by molar-refractivity contribution is -0.166. The predicted octanol–water partition coefficient (Wildman–Crippen LogP) is 16.7. The van der Waals surface area contributed by atoms with Crippen molar-refractivity contribution in [2.75, 3.05) is 13.2 Å². The zero-order valence-electron chi connectivity index (χ0n) is 39.7. The van der Waals surface area contributed by atoms with Gasteiger partial charge >= 0.3 is 17.9 Å². The van der Waals surface area contributed by atoms with Gasteiger partial charge in [0.1, 0.15) is 13.2 Å². The lowest BCUT2D eigenvalue weighted by atomic mass is 10.1. The van der Waals surface area contributed by atoms with Crippen LogP contribution in [0.4, 0.5) is 0 Å². The highest BCUT2D eigenvalue weighted by Crippen LogP contribution is 2.15. The predicted molar refractivity (Wildman–Crippen MR) is 256 cm³/mol. The molecule has 0 aromatic heterocycles. The SMILES string of the molecule is CCCCC/C=C\C=C/CCCCCCCCCCCCC(=O)OCC(COC(=O)CCCCCCCCCCCC)OC(=O)CC/C=C\C/C=C\CCCCCCCC. The molecule has 0 aliphatic carbocycles. The van der Waals surface area contributed by atoms with E-state index in [1.165, 1.54) is 161 Å². The number of hydrogen-bond donors (Lipinski definition) is 0. The van der Waals surface area contributed by atoms with Gasteiger partial charge in [-0.2, -0.15) is 0 Å². The van der Waals surface area contributed by atoms with E-state index in [4.69, 9.17) is 14.2 Å². The topological polar surface area (TPSA) is 78.9 Å². The van der Waals surface area contributed by atoms with Crippen LogP contribution in [-0.2, 0) is 28.6 Å². The van der Waals surface area contributed by atoms with Crippen LogP contribution in [0.15, 0.2) is 48.6 Å². The van der Waals surface area contributed by atoms with Gasteiger partial charge in [-0.05, 0) is 64.2 Å². The van der Waals surface area contributed by atoms with Gasteiger partial charge in [-0.1, -0.05) is 223 Å². The third-order valence-electron chi connectivity index (χ3n) is 11.1. The van der Waals surface area contributed by atoms with Crippen LogP contribution in [0.25, 0.3) is 0 Å². The minimum absolute atomic E-state index is 0.0945. The maximum atomic E-state index is 12.7. The molecule has 0 amide bonds. The Morgan fingerprint density at radius 3 is 1.12 bits per heavy atom. The number of unbranched alkanes of at least 4 members (excludes halogenated alkanes) is 28. The third-order valence-corrected chi connectivity index (χ3v) is 11.1. The Labute approximate surface area is 371 Å². The summed E-state index contributed by atoms with van der Waals surface area (Å²) in [6, 6.07) is 0. The molecule has 348 valence electrons. The molecule has 0 bridgehead atoms. The highest BCUT2D eigenvalue weighted by atomic mass is 16.6. The fourth-order valence-corrected chi connectivity index (χ4v) is 7.19. The summed E-state index contributed by atoms with van der Waals surface area (Å²) in [5.41, 5.74) is 0. The molecule has 1 atom stereocenters. The van der Waals surface area contributed by atoms with Crippen LogP contribution in [-0.4, -0.2) is 37.2 Å². The van der Waals surface area contributed by atoms with Crippen molar-refractivity contribution < 1.29 is 28.6 Å². The molecule has 1 unspecified atom stereocenters. The van der Waals surface area contributed by atoms with Gasteiger partial charge in [0.2, 0.25) is 0 Å². The van der Waals surface area contributed by atoms with Gasteiger partial charge in [0.25, 0.3) is 0 Å². The number of ether oxygens (including phenoxy) is 3. The number of carbonyl (C=O) groups excluding carboxylic acids is 3. The number of esters is 3. The van der Waals surface area contributed by atoms with Crippen LogP contribution in [0.1, 0.15) is 258 Å². The van der Waals surface area contributed by atoms with Crippen molar-refractivity contribution in [1.29, 1.82) is 0 Å². The van der Waals surface area contributed by atoms with Gasteiger partial charge in [-0.3, -0.25) is 14.4 Å². The summed E-state index contributed by atoms with van der Waals surface area (Å²) in [7, 11) is 0. The van der Waals surface area contributed by atoms with Crippen LogP contribution in [0, 0.1) is 0 Å². The Hall–Kier alpha value is -2.63. The monoisotopic (exact) mass is 841 g/mol. The third kappa shape index (κ3) is 46.4. The van der Waals surface area contributed by atoms with Crippen LogP contribution in [0.2, 0.25) is 0 Å². The first kappa shape index (κ1) is 57.4. The number of rotatable bonds is 46. The minimum atomic E-state index is -0.800. The molecule has 6 nitrogen and oxygen atoms in total. The average molecular weight is 841 g/mol. The molecule has 6 heteroatoms. The van der Waals surface area contributed by atoms with Crippen LogP contribution in [0.5, 0.6) is 0 Å². The summed E-state index contributed by atoms with van der Waals surface area (Å²) in [6.07, 6.45) is 58.2. The average Bonchev–Trinajstić information content (AvgIpc) is 3.24. The summed E-state index contributed by atoms with van der Waals surface area (Å²) in [4.78, 5) is 37.8. The van der Waals surface area contributed by atoms with E-state index < -0.39 is 6.10 Å². The molecule has 0 rings (SSSR count). The van der Waals surface area contributed by atoms with Gasteiger partial charge in [0, 0.05) is 19.3 Å². The maximum absolute atomic E-state index is 12.7. The van der Waals surface area contributed by atoms with E-state index in [0.717, 1.165) is 51.4 Å². The summed E-state index contributed by atoms with van der Waals surface area (Å²) in [5, 5.41) is 0. The molecular weight excluding hydrogens is 745 g/mol. The summed E-state index contributed by atoms with van der Waals surface area (Å²) in [5.74, 6) is -0.962. The molecule has 60 heavy (non-hydrogen) atoms. The lowest BCUT2D eigenvalue weighted by Gasteiger charge is -2.18. The minimum Gasteiger partial charge on any atom is -0.462 e. The molecule has 0 aromatic rings. The second-order valence-electron chi connectivity index (χ2n) is 17.1. The summed E-state index contributed by atoms with van der Waals surface area (Å²) in [6.45, 7) is 6.55. The maximum Gasteiger partial charge on any atom is 0.306 e. The Morgan fingerprint density at radius 2 is 0.683 bits per heavy atom. The molecule has 0 radical (unpaired) electrons. The van der Waals surface area contributed by atoms with Crippen LogP contribution < -0.4 is 0 Å². The van der Waals surface area contributed by atoms with E-state index in [-0.39, 0.29) is 37.5 Å². The highest BCUT2D eigenvalue weighted by molar-refractivity contribution is 5.71. The van der Waals surface area contributed by atoms with Crippen molar-refractivity contribution in [2.24, 2.45) is 0 Å². The molecule has 0 N–H and O–H groups in total. The van der Waals surface area contributed by atoms with E-state index in [1.54, 1.807) is 0 Å². The zero-order chi connectivity index (χ0) is 43.7. The van der Waals surface area contributed by atoms with E-state index >= 15 is 0 Å². The fourth-order valence-electron chi connectivity index (χ4n) is 7.19. The molecule has 0 aliphatic rings. The second kappa shape index (κ2) is 49.0. The Morgan fingerprint density at radius 1 is 0.350 bits per heavy atom. The van der Waals surface area contributed by atoms with Gasteiger partial charge in [-0.25, -0.2) is 0 Å². The quantitative estimate of drug-likeness (QED) is 0.0200. The standard InChI is InChI=1S/C54H96O6/c1-4-7-10-13-16-19-22-24-25-26-27-28-29-31-32-35-38-41-44-47-53(56)59-50-51(49-58-52(55)46-43-40-37-34-21-18-15-12-9-6-3)60-54(57)48-45-42-39-36-33-30-23-20-17-14-11-8-5-2/h16,19,22,24,30,33,39,42,51H,4-15,17-18,20-21,23,25-29,31-32,34-38,40-41,43-50H2,1-3H3/b19-16-,24-22-,33-30-,42-39-. The van der Waals surface area contributed by atoms with E-state index in [9.17, 15) is 14.4 Å². The zero-order valence-corrected chi connectivity index (χ0v) is 39.7. The Kier molecular flexibility index (Phi) is 46.9. The lowest BCUT2D eigenvalue weighted by Crippen LogP contribution is -2.30. The normalized spacial score (nSPS) is 12.4. The molecule has 0 fully saturated rings. The van der Waals surface area contributed by atoms with Gasteiger partial charge in [-0.15, -0.1) is 0 Å². The van der Waals surface area contributed by atoms with Crippen molar-refractivity contribution in [2.45, 2.75) is 264 Å². The van der Waals surface area contributed by atoms with Gasteiger partial charge in [0.05, 0.1) is 0 Å². The first-order valence-electron chi connectivity index (χ1n) is 25.7. The molecular formula is C54H96O6. The Bertz CT molecular complexity index is 1060.